The largest absolute Gasteiger partial charge is 0.368 e. The number of carbonyl (C=O) groups is 2. The lowest BCUT2D eigenvalue weighted by Gasteiger charge is -2.23. The summed E-state index contributed by atoms with van der Waals surface area (Å²) in [7, 11) is 0. The van der Waals surface area contributed by atoms with Crippen LogP contribution >= 0.6 is 11.6 Å². The molecule has 2 aromatic carbocycles. The molecular formula is C17H15ClN2O2. The Morgan fingerprint density at radius 1 is 1.14 bits per heavy atom. The molecule has 2 aromatic rings. The number of fused-ring (bicyclic) bond motifs is 1. The van der Waals surface area contributed by atoms with Gasteiger partial charge in [-0.15, -0.1) is 0 Å². The maximum Gasteiger partial charge on any atom is 0.240 e. The van der Waals surface area contributed by atoms with E-state index in [2.05, 4.69) is 0 Å². The number of rotatable bonds is 3. The number of hydrogen-bond acceptors (Lipinski definition) is 2. The maximum atomic E-state index is 12.7. The van der Waals surface area contributed by atoms with E-state index in [9.17, 15) is 9.59 Å². The third-order valence-corrected chi connectivity index (χ3v) is 4.09. The van der Waals surface area contributed by atoms with Crippen LogP contribution in [-0.4, -0.2) is 17.9 Å². The average molecular weight is 315 g/mol. The zero-order valence-corrected chi connectivity index (χ0v) is 12.6. The molecule has 0 saturated heterocycles. The van der Waals surface area contributed by atoms with Crippen molar-refractivity contribution in [2.45, 2.75) is 18.9 Å². The van der Waals surface area contributed by atoms with Crippen LogP contribution in [0.3, 0.4) is 0 Å². The Morgan fingerprint density at radius 3 is 2.50 bits per heavy atom. The Kier molecular flexibility index (Phi) is 3.86. The molecule has 2 N–H and O–H groups in total. The average Bonchev–Trinajstić information content (AvgIpc) is 2.89. The zero-order valence-electron chi connectivity index (χ0n) is 11.8. The van der Waals surface area contributed by atoms with Crippen molar-refractivity contribution in [2.24, 2.45) is 5.73 Å². The third-order valence-electron chi connectivity index (χ3n) is 3.84. The van der Waals surface area contributed by atoms with Crippen LogP contribution in [0.4, 0.5) is 5.69 Å². The van der Waals surface area contributed by atoms with E-state index in [1.165, 1.54) is 4.90 Å². The van der Waals surface area contributed by atoms with Gasteiger partial charge in [0.1, 0.15) is 6.04 Å². The molecule has 0 aromatic heterocycles. The first-order valence-electron chi connectivity index (χ1n) is 7.00. The number of primary amides is 1. The van der Waals surface area contributed by atoms with Gasteiger partial charge in [-0.3, -0.25) is 14.5 Å². The van der Waals surface area contributed by atoms with Gasteiger partial charge in [-0.05, 0) is 29.3 Å². The molecule has 2 amide bonds. The third kappa shape index (κ3) is 2.70. The van der Waals surface area contributed by atoms with Crippen LogP contribution in [0, 0.1) is 0 Å². The van der Waals surface area contributed by atoms with Crippen molar-refractivity contribution in [1.82, 2.24) is 0 Å². The number of anilines is 1. The Balaban J connectivity index is 1.88. The normalized spacial score (nSPS) is 16.4. The number of carbonyl (C=O) groups excluding carboxylic acids is 2. The van der Waals surface area contributed by atoms with Gasteiger partial charge in [0.25, 0.3) is 0 Å². The Hall–Kier alpha value is -2.33. The highest BCUT2D eigenvalue weighted by Gasteiger charge is 2.36. The van der Waals surface area contributed by atoms with Crippen LogP contribution in [0.2, 0.25) is 5.02 Å². The summed E-state index contributed by atoms with van der Waals surface area (Å²) >= 11 is 5.85. The Bertz CT molecular complexity index is 728. The fourth-order valence-corrected chi connectivity index (χ4v) is 2.91. The molecule has 3 rings (SSSR count). The molecular weight excluding hydrogens is 300 g/mol. The van der Waals surface area contributed by atoms with E-state index in [-0.39, 0.29) is 12.3 Å². The molecule has 5 heteroatoms. The van der Waals surface area contributed by atoms with Gasteiger partial charge in [0.05, 0.1) is 6.42 Å². The molecule has 1 aliphatic heterocycles. The van der Waals surface area contributed by atoms with Gasteiger partial charge in [0, 0.05) is 17.1 Å². The second-order valence-corrected chi connectivity index (χ2v) is 5.75. The molecule has 1 heterocycles. The van der Waals surface area contributed by atoms with E-state index < -0.39 is 11.9 Å². The predicted molar refractivity (Wildman–Crippen MR) is 85.8 cm³/mol. The van der Waals surface area contributed by atoms with Crippen LogP contribution in [-0.2, 0) is 22.4 Å². The van der Waals surface area contributed by atoms with E-state index in [1.807, 2.05) is 36.4 Å². The van der Waals surface area contributed by atoms with Gasteiger partial charge in [0.15, 0.2) is 0 Å². The number of nitrogens with zero attached hydrogens (tertiary/aromatic N) is 1. The van der Waals surface area contributed by atoms with E-state index in [1.54, 1.807) is 12.1 Å². The van der Waals surface area contributed by atoms with Crippen LogP contribution in [0.25, 0.3) is 0 Å². The molecule has 0 saturated carbocycles. The van der Waals surface area contributed by atoms with Crippen molar-refractivity contribution < 1.29 is 9.59 Å². The quantitative estimate of drug-likeness (QED) is 0.945. The highest BCUT2D eigenvalue weighted by molar-refractivity contribution is 6.30. The van der Waals surface area contributed by atoms with Gasteiger partial charge in [-0.1, -0.05) is 41.9 Å². The summed E-state index contributed by atoms with van der Waals surface area (Å²) in [5.41, 5.74) is 8.05. The van der Waals surface area contributed by atoms with E-state index >= 15 is 0 Å². The first-order valence-corrected chi connectivity index (χ1v) is 7.38. The minimum Gasteiger partial charge on any atom is -0.368 e. The van der Waals surface area contributed by atoms with Crippen molar-refractivity contribution in [3.05, 3.63) is 64.7 Å². The summed E-state index contributed by atoms with van der Waals surface area (Å²) in [5, 5.41) is 0.623. The minimum absolute atomic E-state index is 0.143. The summed E-state index contributed by atoms with van der Waals surface area (Å²) in [5.74, 6) is -0.628. The zero-order chi connectivity index (χ0) is 15.7. The van der Waals surface area contributed by atoms with Gasteiger partial charge < -0.3 is 5.73 Å². The van der Waals surface area contributed by atoms with Crippen LogP contribution in [0.15, 0.2) is 48.5 Å². The second-order valence-electron chi connectivity index (χ2n) is 5.32. The summed E-state index contributed by atoms with van der Waals surface area (Å²) in [6.45, 7) is 0. The van der Waals surface area contributed by atoms with Crippen LogP contribution in [0.5, 0.6) is 0 Å². The topological polar surface area (TPSA) is 63.4 Å². The summed E-state index contributed by atoms with van der Waals surface area (Å²) in [6, 6.07) is 14.0. The first kappa shape index (κ1) is 14.6. The van der Waals surface area contributed by atoms with Crippen molar-refractivity contribution >= 4 is 29.1 Å². The van der Waals surface area contributed by atoms with Crippen LogP contribution in [0.1, 0.15) is 11.1 Å². The summed E-state index contributed by atoms with van der Waals surface area (Å²) in [6.07, 6.45) is 0.674. The molecule has 4 nitrogen and oxygen atoms in total. The highest BCUT2D eigenvalue weighted by atomic mass is 35.5. The Labute approximate surface area is 133 Å². The van der Waals surface area contributed by atoms with Crippen molar-refractivity contribution in [2.75, 3.05) is 4.90 Å². The molecule has 1 aliphatic rings. The standard InChI is InChI=1S/C17H15ClN2O2/c18-13-7-5-11(6-8-13)9-16(21)20-14-4-2-1-3-12(14)10-15(20)17(19)22/h1-8,15H,9-10H2,(H2,19,22)/t15-/m0/s1. The summed E-state index contributed by atoms with van der Waals surface area (Å²) < 4.78 is 0. The summed E-state index contributed by atoms with van der Waals surface area (Å²) in [4.78, 5) is 25.9. The lowest BCUT2D eigenvalue weighted by molar-refractivity contribution is -0.124. The molecule has 0 bridgehead atoms. The maximum absolute atomic E-state index is 12.7. The smallest absolute Gasteiger partial charge is 0.240 e. The predicted octanol–water partition coefficient (Wildman–Crippen LogP) is 2.33. The first-order chi connectivity index (χ1) is 10.6. The number of hydrogen-bond donors (Lipinski definition) is 1. The highest BCUT2D eigenvalue weighted by Crippen LogP contribution is 2.32. The van der Waals surface area contributed by atoms with E-state index in [4.69, 9.17) is 17.3 Å². The molecule has 0 spiro atoms. The number of benzene rings is 2. The molecule has 0 unspecified atom stereocenters. The fraction of sp³-hybridized carbons (Fsp3) is 0.176. The number of para-hydroxylation sites is 1. The molecule has 112 valence electrons. The molecule has 0 radical (unpaired) electrons. The van der Waals surface area contributed by atoms with E-state index in [0.717, 1.165) is 16.8 Å². The van der Waals surface area contributed by atoms with Gasteiger partial charge in [-0.25, -0.2) is 0 Å². The van der Waals surface area contributed by atoms with Crippen LogP contribution < -0.4 is 10.6 Å². The molecule has 1 atom stereocenters. The van der Waals surface area contributed by atoms with Gasteiger partial charge in [0.2, 0.25) is 11.8 Å². The molecule has 0 aliphatic carbocycles. The number of nitrogens with two attached hydrogens (primary N) is 1. The number of amides is 2. The lowest BCUT2D eigenvalue weighted by atomic mass is 10.1. The second kappa shape index (κ2) is 5.81. The van der Waals surface area contributed by atoms with Gasteiger partial charge in [-0.2, -0.15) is 0 Å². The fourth-order valence-electron chi connectivity index (χ4n) is 2.78. The monoisotopic (exact) mass is 314 g/mol. The van der Waals surface area contributed by atoms with Crippen molar-refractivity contribution in [3.8, 4) is 0 Å². The SMILES string of the molecule is NC(=O)[C@@H]1Cc2ccccc2N1C(=O)Cc1ccc(Cl)cc1. The lowest BCUT2D eigenvalue weighted by Crippen LogP contribution is -2.46. The number of halogens is 1. The molecule has 22 heavy (non-hydrogen) atoms. The van der Waals surface area contributed by atoms with Gasteiger partial charge >= 0.3 is 0 Å². The Morgan fingerprint density at radius 2 is 1.82 bits per heavy atom. The van der Waals surface area contributed by atoms with Crippen molar-refractivity contribution in [3.63, 3.8) is 0 Å². The molecule has 0 fully saturated rings. The van der Waals surface area contributed by atoms with Crippen molar-refractivity contribution in [1.29, 1.82) is 0 Å². The minimum atomic E-state index is -0.614. The van der Waals surface area contributed by atoms with E-state index in [0.29, 0.717) is 11.4 Å².